The van der Waals surface area contributed by atoms with Crippen LogP contribution in [0.5, 0.6) is 0 Å². The molecule has 15 heavy (non-hydrogen) atoms. The van der Waals surface area contributed by atoms with Crippen LogP contribution in [-0.2, 0) is 11.3 Å². The Labute approximate surface area is 92.4 Å². The molecule has 86 valence electrons. The van der Waals surface area contributed by atoms with Gasteiger partial charge in [-0.15, -0.1) is 0 Å². The van der Waals surface area contributed by atoms with Gasteiger partial charge in [0.25, 0.3) is 0 Å². The fraction of sp³-hybridized carbons (Fsp3) is 0.750. The highest BCUT2D eigenvalue weighted by Gasteiger charge is 2.05. The Morgan fingerprint density at radius 2 is 2.07 bits per heavy atom. The topological polar surface area (TPSA) is 27.1 Å². The van der Waals surface area contributed by atoms with E-state index in [2.05, 4.69) is 32.8 Å². The van der Waals surface area contributed by atoms with Gasteiger partial charge in [-0.05, 0) is 32.8 Å². The van der Waals surface area contributed by atoms with Crippen molar-refractivity contribution in [1.82, 2.24) is 9.78 Å². The van der Waals surface area contributed by atoms with E-state index in [1.807, 2.05) is 16.9 Å². The van der Waals surface area contributed by atoms with Gasteiger partial charge < -0.3 is 4.74 Å². The molecule has 0 saturated carbocycles. The van der Waals surface area contributed by atoms with Gasteiger partial charge in [0.15, 0.2) is 0 Å². The van der Waals surface area contributed by atoms with E-state index in [4.69, 9.17) is 4.74 Å². The van der Waals surface area contributed by atoms with E-state index in [9.17, 15) is 0 Å². The molecule has 1 aromatic heterocycles. The molecule has 0 aliphatic heterocycles. The third-order valence-electron chi connectivity index (χ3n) is 2.80. The van der Waals surface area contributed by atoms with E-state index in [-0.39, 0.29) is 0 Å². The Balaban J connectivity index is 2.46. The molecule has 1 rings (SSSR count). The van der Waals surface area contributed by atoms with Crippen LogP contribution >= 0.6 is 0 Å². The van der Waals surface area contributed by atoms with Crippen LogP contribution in [0.15, 0.2) is 12.3 Å². The van der Waals surface area contributed by atoms with Crippen molar-refractivity contribution in [3.05, 3.63) is 18.0 Å². The lowest BCUT2D eigenvalue weighted by Gasteiger charge is -2.10. The quantitative estimate of drug-likeness (QED) is 0.721. The van der Waals surface area contributed by atoms with Crippen LogP contribution < -0.4 is 0 Å². The fourth-order valence-corrected chi connectivity index (χ4v) is 1.23. The Bertz CT molecular complexity index is 283. The Hall–Kier alpha value is -0.830. The lowest BCUT2D eigenvalue weighted by Crippen LogP contribution is -2.08. The Morgan fingerprint density at radius 3 is 2.67 bits per heavy atom. The van der Waals surface area contributed by atoms with Crippen molar-refractivity contribution < 1.29 is 4.74 Å². The van der Waals surface area contributed by atoms with E-state index in [1.54, 1.807) is 0 Å². The minimum absolute atomic E-state index is 0.318. The van der Waals surface area contributed by atoms with Crippen molar-refractivity contribution in [2.24, 2.45) is 0 Å². The third-order valence-corrected chi connectivity index (χ3v) is 2.80. The molecule has 0 amide bonds. The SMILES string of the molecule is CC[C@@H](C)OCc1ccn([C@H](C)CC)n1. The van der Waals surface area contributed by atoms with Crippen LogP contribution in [0.1, 0.15) is 52.3 Å². The van der Waals surface area contributed by atoms with Crippen molar-refractivity contribution in [3.63, 3.8) is 0 Å². The number of rotatable bonds is 6. The van der Waals surface area contributed by atoms with Gasteiger partial charge in [0, 0.05) is 12.2 Å². The molecule has 3 heteroatoms. The summed E-state index contributed by atoms with van der Waals surface area (Å²) in [4.78, 5) is 0. The molecular formula is C12H22N2O. The predicted molar refractivity (Wildman–Crippen MR) is 61.8 cm³/mol. The van der Waals surface area contributed by atoms with E-state index in [1.165, 1.54) is 0 Å². The number of hydrogen-bond donors (Lipinski definition) is 0. The Kier molecular flexibility index (Phi) is 4.82. The summed E-state index contributed by atoms with van der Waals surface area (Å²) in [5.41, 5.74) is 1.02. The number of ether oxygens (including phenoxy) is 1. The second-order valence-electron chi connectivity index (χ2n) is 4.07. The van der Waals surface area contributed by atoms with Crippen LogP contribution in [-0.4, -0.2) is 15.9 Å². The first-order valence-corrected chi connectivity index (χ1v) is 5.83. The van der Waals surface area contributed by atoms with Crippen LogP contribution in [0.4, 0.5) is 0 Å². The molecule has 0 saturated heterocycles. The first-order chi connectivity index (χ1) is 7.17. The normalized spacial score (nSPS) is 15.2. The highest BCUT2D eigenvalue weighted by Crippen LogP contribution is 2.10. The molecule has 1 aromatic rings. The maximum absolute atomic E-state index is 5.63. The second-order valence-corrected chi connectivity index (χ2v) is 4.07. The number of hydrogen-bond acceptors (Lipinski definition) is 2. The van der Waals surface area contributed by atoms with Gasteiger partial charge in [0.1, 0.15) is 0 Å². The van der Waals surface area contributed by atoms with Crippen molar-refractivity contribution >= 4 is 0 Å². The van der Waals surface area contributed by atoms with Gasteiger partial charge in [-0.2, -0.15) is 5.10 Å². The molecule has 0 aliphatic carbocycles. The zero-order chi connectivity index (χ0) is 11.3. The van der Waals surface area contributed by atoms with Gasteiger partial charge in [-0.3, -0.25) is 4.68 Å². The number of aromatic nitrogens is 2. The predicted octanol–water partition coefficient (Wildman–Crippen LogP) is 3.17. The Morgan fingerprint density at radius 1 is 1.33 bits per heavy atom. The fourth-order valence-electron chi connectivity index (χ4n) is 1.23. The summed E-state index contributed by atoms with van der Waals surface area (Å²) in [7, 11) is 0. The van der Waals surface area contributed by atoms with Gasteiger partial charge in [-0.1, -0.05) is 13.8 Å². The van der Waals surface area contributed by atoms with Gasteiger partial charge in [-0.25, -0.2) is 0 Å². The molecule has 1 heterocycles. The molecule has 0 spiro atoms. The molecular weight excluding hydrogens is 188 g/mol. The van der Waals surface area contributed by atoms with Crippen molar-refractivity contribution in [3.8, 4) is 0 Å². The smallest absolute Gasteiger partial charge is 0.0910 e. The van der Waals surface area contributed by atoms with E-state index < -0.39 is 0 Å². The zero-order valence-corrected chi connectivity index (χ0v) is 10.2. The summed E-state index contributed by atoms with van der Waals surface area (Å²) < 4.78 is 7.64. The summed E-state index contributed by atoms with van der Waals surface area (Å²) in [5, 5.41) is 4.48. The summed E-state index contributed by atoms with van der Waals surface area (Å²) >= 11 is 0. The highest BCUT2D eigenvalue weighted by atomic mass is 16.5. The van der Waals surface area contributed by atoms with Crippen molar-refractivity contribution in [2.75, 3.05) is 0 Å². The summed E-state index contributed by atoms with van der Waals surface area (Å²) in [6.45, 7) is 9.18. The largest absolute Gasteiger partial charge is 0.372 e. The second kappa shape index (κ2) is 5.91. The molecule has 3 nitrogen and oxygen atoms in total. The highest BCUT2D eigenvalue weighted by molar-refractivity contribution is 4.97. The van der Waals surface area contributed by atoms with Crippen LogP contribution in [0.2, 0.25) is 0 Å². The maximum atomic E-state index is 5.63. The van der Waals surface area contributed by atoms with E-state index in [0.29, 0.717) is 18.8 Å². The summed E-state index contributed by atoms with van der Waals surface area (Å²) in [6, 6.07) is 2.51. The minimum atomic E-state index is 0.318. The molecule has 0 unspecified atom stereocenters. The van der Waals surface area contributed by atoms with Gasteiger partial charge in [0.05, 0.1) is 18.4 Å². The van der Waals surface area contributed by atoms with Crippen LogP contribution in [0.3, 0.4) is 0 Å². The van der Waals surface area contributed by atoms with E-state index >= 15 is 0 Å². The standard InChI is InChI=1S/C12H22N2O/c1-5-10(3)14-8-7-12(13-14)9-15-11(4)6-2/h7-8,10-11H,5-6,9H2,1-4H3/t10-,11-/m1/s1. The molecule has 0 aromatic carbocycles. The first kappa shape index (κ1) is 12.2. The van der Waals surface area contributed by atoms with E-state index in [0.717, 1.165) is 18.5 Å². The lowest BCUT2D eigenvalue weighted by atomic mass is 10.3. The zero-order valence-electron chi connectivity index (χ0n) is 10.2. The average molecular weight is 210 g/mol. The van der Waals surface area contributed by atoms with Crippen molar-refractivity contribution in [2.45, 2.75) is 59.3 Å². The maximum Gasteiger partial charge on any atom is 0.0910 e. The van der Waals surface area contributed by atoms with Crippen LogP contribution in [0.25, 0.3) is 0 Å². The summed E-state index contributed by atoms with van der Waals surface area (Å²) in [5.74, 6) is 0. The monoisotopic (exact) mass is 210 g/mol. The molecule has 0 fully saturated rings. The molecule has 0 aliphatic rings. The summed E-state index contributed by atoms with van der Waals surface area (Å²) in [6.07, 6.45) is 4.50. The van der Waals surface area contributed by atoms with Crippen molar-refractivity contribution in [1.29, 1.82) is 0 Å². The molecule has 0 N–H and O–H groups in total. The first-order valence-electron chi connectivity index (χ1n) is 5.83. The minimum Gasteiger partial charge on any atom is -0.372 e. The molecule has 2 atom stereocenters. The molecule has 0 bridgehead atoms. The van der Waals surface area contributed by atoms with Crippen LogP contribution in [0, 0.1) is 0 Å². The molecule has 0 radical (unpaired) electrons. The van der Waals surface area contributed by atoms with Gasteiger partial charge >= 0.3 is 0 Å². The van der Waals surface area contributed by atoms with Gasteiger partial charge in [0.2, 0.25) is 0 Å². The average Bonchev–Trinajstić information content (AvgIpc) is 2.73. The number of nitrogens with zero attached hydrogens (tertiary/aromatic N) is 2. The lowest BCUT2D eigenvalue weighted by molar-refractivity contribution is 0.0485. The third kappa shape index (κ3) is 3.67.